The summed E-state index contributed by atoms with van der Waals surface area (Å²) in [6.45, 7) is 4.69. The Kier molecular flexibility index (Phi) is 6.18. The molecule has 2 unspecified atom stereocenters. The molecule has 0 spiro atoms. The Morgan fingerprint density at radius 1 is 1.13 bits per heavy atom. The van der Waals surface area contributed by atoms with Gasteiger partial charge in [-0.1, -0.05) is 35.9 Å². The van der Waals surface area contributed by atoms with E-state index in [1.807, 2.05) is 6.92 Å². The number of rotatable bonds is 5. The van der Waals surface area contributed by atoms with Gasteiger partial charge in [-0.25, -0.2) is 0 Å². The van der Waals surface area contributed by atoms with Crippen LogP contribution in [0.4, 0.5) is 11.4 Å². The lowest BCUT2D eigenvalue weighted by Crippen LogP contribution is -2.47. The van der Waals surface area contributed by atoms with E-state index in [4.69, 9.17) is 16.3 Å². The largest absolute Gasteiger partial charge is 0.451 e. The number of ketones is 1. The summed E-state index contributed by atoms with van der Waals surface area (Å²) in [5.41, 5.74) is 0.204. The van der Waals surface area contributed by atoms with Crippen LogP contribution in [-0.2, 0) is 23.9 Å². The van der Waals surface area contributed by atoms with Gasteiger partial charge < -0.3 is 15.0 Å². The van der Waals surface area contributed by atoms with Gasteiger partial charge in [0.05, 0.1) is 10.7 Å². The summed E-state index contributed by atoms with van der Waals surface area (Å²) in [5.74, 6) is -6.22. The summed E-state index contributed by atoms with van der Waals surface area (Å²) in [6, 6.07) is 13.6. The topological polar surface area (TPSA) is 92.8 Å². The molecule has 31 heavy (non-hydrogen) atoms. The smallest absolute Gasteiger partial charge is 0.319 e. The molecule has 162 valence electrons. The number of halogens is 1. The van der Waals surface area contributed by atoms with Crippen molar-refractivity contribution in [2.45, 2.75) is 26.4 Å². The maximum atomic E-state index is 13.4. The standard InChI is InChI=1S/C23H23ClN2O5/c1-13-10-11-15(24)16(12-13)25-20(28)18(17-19(27)23(2,3)31-22(17)30)21(29)26(4)14-8-6-5-7-9-14/h5-12,17-18H,1-4H3,(H,25,28). The quantitative estimate of drug-likeness (QED) is 0.566. The van der Waals surface area contributed by atoms with E-state index in [9.17, 15) is 19.2 Å². The Morgan fingerprint density at radius 3 is 2.35 bits per heavy atom. The van der Waals surface area contributed by atoms with E-state index in [-0.39, 0.29) is 10.7 Å². The summed E-state index contributed by atoms with van der Waals surface area (Å²) in [4.78, 5) is 53.4. The van der Waals surface area contributed by atoms with Crippen molar-refractivity contribution in [3.05, 3.63) is 59.1 Å². The third-order valence-electron chi connectivity index (χ3n) is 5.22. The van der Waals surface area contributed by atoms with Crippen molar-refractivity contribution in [1.29, 1.82) is 0 Å². The fourth-order valence-corrected chi connectivity index (χ4v) is 3.64. The lowest BCUT2D eigenvalue weighted by atomic mass is 9.83. The second-order valence-electron chi connectivity index (χ2n) is 7.96. The van der Waals surface area contributed by atoms with Gasteiger partial charge in [0, 0.05) is 12.7 Å². The Bertz CT molecular complexity index is 1050. The van der Waals surface area contributed by atoms with E-state index in [1.165, 1.54) is 25.8 Å². The number of hydrogen-bond acceptors (Lipinski definition) is 5. The monoisotopic (exact) mass is 442 g/mol. The minimum atomic E-state index is -1.62. The lowest BCUT2D eigenvalue weighted by molar-refractivity contribution is -0.152. The zero-order valence-electron chi connectivity index (χ0n) is 17.6. The van der Waals surface area contributed by atoms with Crippen molar-refractivity contribution in [3.8, 4) is 0 Å². The van der Waals surface area contributed by atoms with Crippen LogP contribution in [0.25, 0.3) is 0 Å². The normalized spacial score (nSPS) is 18.3. The van der Waals surface area contributed by atoms with Gasteiger partial charge in [0.1, 0.15) is 11.8 Å². The van der Waals surface area contributed by atoms with Gasteiger partial charge >= 0.3 is 5.97 Å². The average molecular weight is 443 g/mol. The number of hydrogen-bond donors (Lipinski definition) is 1. The maximum Gasteiger partial charge on any atom is 0.319 e. The number of amides is 2. The highest BCUT2D eigenvalue weighted by Gasteiger charge is 2.57. The summed E-state index contributed by atoms with van der Waals surface area (Å²) in [7, 11) is 1.48. The number of nitrogens with zero attached hydrogens (tertiary/aromatic N) is 1. The van der Waals surface area contributed by atoms with Crippen LogP contribution in [0, 0.1) is 18.8 Å². The second-order valence-corrected chi connectivity index (χ2v) is 8.36. The molecule has 0 radical (unpaired) electrons. The molecule has 1 fully saturated rings. The minimum Gasteiger partial charge on any atom is -0.451 e. The summed E-state index contributed by atoms with van der Waals surface area (Å²) < 4.78 is 5.17. The molecule has 7 nitrogen and oxygen atoms in total. The number of esters is 1. The number of ether oxygens (including phenoxy) is 1. The lowest BCUT2D eigenvalue weighted by Gasteiger charge is -2.25. The van der Waals surface area contributed by atoms with E-state index >= 15 is 0 Å². The first-order valence-electron chi connectivity index (χ1n) is 9.69. The second kappa shape index (κ2) is 8.51. The molecule has 2 amide bonds. The van der Waals surface area contributed by atoms with Crippen LogP contribution in [0.1, 0.15) is 19.4 Å². The number of anilines is 2. The van der Waals surface area contributed by atoms with Gasteiger partial charge in [0.15, 0.2) is 11.4 Å². The summed E-state index contributed by atoms with van der Waals surface area (Å²) >= 11 is 6.18. The Balaban J connectivity index is 2.01. The van der Waals surface area contributed by atoms with Crippen LogP contribution in [0.3, 0.4) is 0 Å². The number of benzene rings is 2. The van der Waals surface area contributed by atoms with Crippen molar-refractivity contribution in [3.63, 3.8) is 0 Å². The highest BCUT2D eigenvalue weighted by molar-refractivity contribution is 6.34. The molecule has 3 rings (SSSR count). The Hall–Kier alpha value is -3.19. The number of nitrogens with one attached hydrogen (secondary N) is 1. The fraction of sp³-hybridized carbons (Fsp3) is 0.304. The molecular formula is C23H23ClN2O5. The van der Waals surface area contributed by atoms with E-state index in [2.05, 4.69) is 5.32 Å². The van der Waals surface area contributed by atoms with Crippen molar-refractivity contribution in [2.75, 3.05) is 17.3 Å². The zero-order valence-corrected chi connectivity index (χ0v) is 18.4. The SMILES string of the molecule is Cc1ccc(Cl)c(NC(=O)C(C(=O)N(C)c2ccccc2)C2C(=O)OC(C)(C)C2=O)c1. The average Bonchev–Trinajstić information content (AvgIpc) is 2.92. The number of carbonyl (C=O) groups is 4. The predicted molar refractivity (Wildman–Crippen MR) is 117 cm³/mol. The number of aryl methyl sites for hydroxylation is 1. The van der Waals surface area contributed by atoms with Crippen molar-refractivity contribution in [1.82, 2.24) is 0 Å². The van der Waals surface area contributed by atoms with Crippen LogP contribution in [0.2, 0.25) is 5.02 Å². The first-order chi connectivity index (χ1) is 14.5. The van der Waals surface area contributed by atoms with E-state index in [1.54, 1.807) is 48.5 Å². The molecule has 2 aromatic carbocycles. The molecule has 0 aromatic heterocycles. The van der Waals surface area contributed by atoms with Gasteiger partial charge in [-0.15, -0.1) is 0 Å². The number of Topliss-reactive ketones (excluding diaryl/α,β-unsaturated/α-hetero) is 1. The number of cyclic esters (lactones) is 1. The van der Waals surface area contributed by atoms with E-state index in [0.717, 1.165) is 5.56 Å². The van der Waals surface area contributed by atoms with Gasteiger partial charge in [-0.3, -0.25) is 19.2 Å². The fourth-order valence-electron chi connectivity index (χ4n) is 3.47. The molecule has 2 atom stereocenters. The third-order valence-corrected chi connectivity index (χ3v) is 5.55. The first kappa shape index (κ1) is 22.5. The van der Waals surface area contributed by atoms with Gasteiger partial charge in [0.25, 0.3) is 0 Å². The number of para-hydroxylation sites is 1. The predicted octanol–water partition coefficient (Wildman–Crippen LogP) is 3.39. The third kappa shape index (κ3) is 4.46. The highest BCUT2D eigenvalue weighted by atomic mass is 35.5. The first-order valence-corrected chi connectivity index (χ1v) is 10.1. The molecule has 0 aliphatic carbocycles. The molecule has 8 heteroatoms. The highest BCUT2D eigenvalue weighted by Crippen LogP contribution is 2.34. The van der Waals surface area contributed by atoms with Gasteiger partial charge in [-0.05, 0) is 50.6 Å². The van der Waals surface area contributed by atoms with Crippen molar-refractivity contribution >= 4 is 46.5 Å². The molecule has 1 saturated heterocycles. The molecule has 0 saturated carbocycles. The minimum absolute atomic E-state index is 0.266. The zero-order chi connectivity index (χ0) is 22.9. The molecule has 2 aromatic rings. The molecule has 1 aliphatic heterocycles. The van der Waals surface area contributed by atoms with Crippen LogP contribution in [0.15, 0.2) is 48.5 Å². The molecule has 0 bridgehead atoms. The summed E-state index contributed by atoms with van der Waals surface area (Å²) in [6.07, 6.45) is 0. The maximum absolute atomic E-state index is 13.4. The van der Waals surface area contributed by atoms with Crippen LogP contribution < -0.4 is 10.2 Å². The summed E-state index contributed by atoms with van der Waals surface area (Å²) in [5, 5.41) is 2.87. The van der Waals surface area contributed by atoms with Gasteiger partial charge in [0.2, 0.25) is 11.8 Å². The van der Waals surface area contributed by atoms with E-state index in [0.29, 0.717) is 5.69 Å². The Morgan fingerprint density at radius 2 is 1.77 bits per heavy atom. The Labute approximate surface area is 185 Å². The number of carbonyl (C=O) groups excluding carboxylic acids is 4. The van der Waals surface area contributed by atoms with Gasteiger partial charge in [-0.2, -0.15) is 0 Å². The molecule has 1 heterocycles. The van der Waals surface area contributed by atoms with Crippen LogP contribution >= 0.6 is 11.6 Å². The molecular weight excluding hydrogens is 420 g/mol. The van der Waals surface area contributed by atoms with Crippen LogP contribution in [0.5, 0.6) is 0 Å². The van der Waals surface area contributed by atoms with Crippen molar-refractivity contribution < 1.29 is 23.9 Å². The van der Waals surface area contributed by atoms with Crippen molar-refractivity contribution in [2.24, 2.45) is 11.8 Å². The molecule has 1 N–H and O–H groups in total. The molecule has 1 aliphatic rings. The van der Waals surface area contributed by atoms with Crippen LogP contribution in [-0.4, -0.2) is 36.2 Å². The van der Waals surface area contributed by atoms with E-state index < -0.39 is 41.0 Å².